The molecule has 0 heterocycles. The Morgan fingerprint density at radius 2 is 1.78 bits per heavy atom. The maximum Gasteiger partial charge on any atom is 0.330 e. The summed E-state index contributed by atoms with van der Waals surface area (Å²) in [5.74, 6) is 0. The van der Waals surface area contributed by atoms with Crippen molar-refractivity contribution in [1.82, 2.24) is 0 Å². The highest BCUT2D eigenvalue weighted by molar-refractivity contribution is 6.39. The molecule has 0 aliphatic carbocycles. The maximum absolute atomic E-state index is 9.98. The van der Waals surface area contributed by atoms with Gasteiger partial charge in [0.1, 0.15) is 0 Å². The molecule has 4 heteroatoms. The molecule has 0 aromatic carbocycles. The highest BCUT2D eigenvalue weighted by atomic mass is 16.5. The third kappa shape index (κ3) is 5.11. The van der Waals surface area contributed by atoms with E-state index >= 15 is 0 Å². The first-order valence-electron chi connectivity index (χ1n) is 6.02. The lowest BCUT2D eigenvalue weighted by molar-refractivity contribution is -0.0896. The lowest BCUT2D eigenvalue weighted by atomic mass is 9.81. The third-order valence-electron chi connectivity index (χ3n) is 3.10. The van der Waals surface area contributed by atoms with E-state index in [0.29, 0.717) is 5.70 Å². The van der Waals surface area contributed by atoms with Crippen LogP contribution in [0.25, 0.3) is 0 Å². The van der Waals surface area contributed by atoms with Crippen LogP contribution in [0.15, 0.2) is 35.5 Å². The molecule has 0 saturated carbocycles. The van der Waals surface area contributed by atoms with Gasteiger partial charge in [0.25, 0.3) is 0 Å². The molecule has 1 radical (unpaired) electrons. The third-order valence-corrected chi connectivity index (χ3v) is 3.10. The SMILES string of the molecule is C=C/C([B]OC(C)(C)C(C)(C)O)=C\C(N)=C(C)C. The van der Waals surface area contributed by atoms with Crippen LogP contribution < -0.4 is 5.73 Å². The molecule has 0 atom stereocenters. The Balaban J connectivity index is 4.81. The number of nitrogens with two attached hydrogens (primary N) is 1. The van der Waals surface area contributed by atoms with Crippen molar-refractivity contribution in [3.05, 3.63) is 35.5 Å². The quantitative estimate of drug-likeness (QED) is 0.562. The van der Waals surface area contributed by atoms with Crippen LogP contribution in [0.3, 0.4) is 0 Å². The van der Waals surface area contributed by atoms with Crippen LogP contribution >= 0.6 is 0 Å². The van der Waals surface area contributed by atoms with Crippen LogP contribution in [0.2, 0.25) is 0 Å². The largest absolute Gasteiger partial charge is 0.427 e. The van der Waals surface area contributed by atoms with E-state index in [9.17, 15) is 5.11 Å². The van der Waals surface area contributed by atoms with Crippen LogP contribution in [-0.2, 0) is 4.65 Å². The predicted octanol–water partition coefficient (Wildman–Crippen LogP) is 2.49. The molecule has 0 bridgehead atoms. The van der Waals surface area contributed by atoms with Gasteiger partial charge in [-0.2, -0.15) is 0 Å². The number of hydrogen-bond donors (Lipinski definition) is 2. The number of allylic oxidation sites excluding steroid dienone is 4. The minimum atomic E-state index is -0.947. The monoisotopic (exact) mass is 250 g/mol. The van der Waals surface area contributed by atoms with Crippen LogP contribution in [0.4, 0.5) is 0 Å². The Morgan fingerprint density at radius 1 is 1.28 bits per heavy atom. The van der Waals surface area contributed by atoms with Crippen LogP contribution in [0, 0.1) is 0 Å². The van der Waals surface area contributed by atoms with Gasteiger partial charge >= 0.3 is 7.48 Å². The minimum absolute atomic E-state index is 0.686. The van der Waals surface area contributed by atoms with Gasteiger partial charge in [0.05, 0.1) is 11.2 Å². The van der Waals surface area contributed by atoms with Crippen molar-refractivity contribution in [2.75, 3.05) is 0 Å². The minimum Gasteiger partial charge on any atom is -0.427 e. The molecule has 3 N–H and O–H groups in total. The first kappa shape index (κ1) is 17.0. The smallest absolute Gasteiger partial charge is 0.330 e. The summed E-state index contributed by atoms with van der Waals surface area (Å²) in [4.78, 5) is 0. The fraction of sp³-hybridized carbons (Fsp3) is 0.571. The first-order chi connectivity index (χ1) is 8.01. The molecular formula is C14H25BNO2. The van der Waals surface area contributed by atoms with Crippen molar-refractivity contribution in [3.63, 3.8) is 0 Å². The molecule has 0 rings (SSSR count). The Hall–Kier alpha value is -0.995. The van der Waals surface area contributed by atoms with Crippen LogP contribution in [0.5, 0.6) is 0 Å². The van der Waals surface area contributed by atoms with Gasteiger partial charge in [0.2, 0.25) is 0 Å². The topological polar surface area (TPSA) is 55.5 Å². The van der Waals surface area contributed by atoms with E-state index in [1.54, 1.807) is 33.5 Å². The van der Waals surface area contributed by atoms with Crippen molar-refractivity contribution in [2.24, 2.45) is 5.73 Å². The van der Waals surface area contributed by atoms with E-state index in [2.05, 4.69) is 6.58 Å². The van der Waals surface area contributed by atoms with E-state index in [-0.39, 0.29) is 0 Å². The molecular weight excluding hydrogens is 225 g/mol. The Labute approximate surface area is 112 Å². The lowest BCUT2D eigenvalue weighted by Crippen LogP contribution is -2.48. The average Bonchev–Trinajstić information content (AvgIpc) is 2.21. The number of hydrogen-bond acceptors (Lipinski definition) is 3. The molecule has 101 valence electrons. The highest BCUT2D eigenvalue weighted by Crippen LogP contribution is 2.25. The molecule has 0 aliphatic heterocycles. The van der Waals surface area contributed by atoms with Gasteiger partial charge in [0, 0.05) is 5.70 Å². The zero-order chi connectivity index (χ0) is 14.6. The van der Waals surface area contributed by atoms with Crippen molar-refractivity contribution in [1.29, 1.82) is 0 Å². The van der Waals surface area contributed by atoms with Crippen LogP contribution in [-0.4, -0.2) is 23.8 Å². The Morgan fingerprint density at radius 3 is 2.11 bits per heavy atom. The highest BCUT2D eigenvalue weighted by Gasteiger charge is 2.35. The normalized spacial score (nSPS) is 13.2. The van der Waals surface area contributed by atoms with Gasteiger partial charge < -0.3 is 15.5 Å². The number of rotatable bonds is 6. The molecule has 0 amide bonds. The number of aliphatic hydroxyl groups is 1. The van der Waals surface area contributed by atoms with E-state index in [1.165, 1.54) is 0 Å². The van der Waals surface area contributed by atoms with E-state index < -0.39 is 11.2 Å². The maximum atomic E-state index is 9.98. The first-order valence-corrected chi connectivity index (χ1v) is 6.02. The van der Waals surface area contributed by atoms with Gasteiger partial charge in [-0.15, -0.1) is 0 Å². The second kappa shape index (κ2) is 6.25. The molecule has 0 fully saturated rings. The van der Waals surface area contributed by atoms with Gasteiger partial charge in [-0.1, -0.05) is 23.7 Å². The van der Waals surface area contributed by atoms with Gasteiger partial charge in [-0.3, -0.25) is 0 Å². The second-order valence-electron chi connectivity index (χ2n) is 5.61. The molecule has 0 aliphatic rings. The van der Waals surface area contributed by atoms with E-state index in [1.807, 2.05) is 27.7 Å². The molecule has 0 aromatic heterocycles. The summed E-state index contributed by atoms with van der Waals surface area (Å²) in [7, 11) is 1.57. The van der Waals surface area contributed by atoms with Crippen molar-refractivity contribution in [2.45, 2.75) is 52.7 Å². The molecule has 0 spiro atoms. The van der Waals surface area contributed by atoms with E-state index in [0.717, 1.165) is 11.0 Å². The fourth-order valence-corrected chi connectivity index (χ4v) is 0.825. The zero-order valence-electron chi connectivity index (χ0n) is 12.4. The summed E-state index contributed by atoms with van der Waals surface area (Å²) in [5, 5.41) is 9.98. The molecule has 0 saturated heterocycles. The van der Waals surface area contributed by atoms with Crippen molar-refractivity contribution in [3.8, 4) is 0 Å². The summed E-state index contributed by atoms with van der Waals surface area (Å²) in [5.41, 5.74) is 6.69. The van der Waals surface area contributed by atoms with Gasteiger partial charge in [0.15, 0.2) is 0 Å². The summed E-state index contributed by atoms with van der Waals surface area (Å²) in [6, 6.07) is 0. The fourth-order valence-electron chi connectivity index (χ4n) is 0.825. The molecule has 0 unspecified atom stereocenters. The standard InChI is InChI=1S/C14H25BNO2/c1-8-11(9-12(16)10(2)3)15-18-14(6,7)13(4,5)17/h8-9,17H,1,16H2,2-7H3/b11-9+. The van der Waals surface area contributed by atoms with E-state index in [4.69, 9.17) is 10.4 Å². The van der Waals surface area contributed by atoms with Gasteiger partial charge in [-0.25, -0.2) is 0 Å². The summed E-state index contributed by atoms with van der Waals surface area (Å²) in [6.45, 7) is 14.7. The van der Waals surface area contributed by atoms with Gasteiger partial charge in [-0.05, 0) is 47.6 Å². The molecule has 3 nitrogen and oxygen atoms in total. The summed E-state index contributed by atoms with van der Waals surface area (Å²) in [6.07, 6.45) is 3.46. The molecule has 18 heavy (non-hydrogen) atoms. The average molecular weight is 250 g/mol. The summed E-state index contributed by atoms with van der Waals surface area (Å²) >= 11 is 0. The zero-order valence-corrected chi connectivity index (χ0v) is 12.4. The Bertz CT molecular complexity index is 358. The second-order valence-corrected chi connectivity index (χ2v) is 5.61. The van der Waals surface area contributed by atoms with Crippen LogP contribution in [0.1, 0.15) is 41.5 Å². The lowest BCUT2D eigenvalue weighted by Gasteiger charge is -2.37. The Kier molecular flexibility index (Phi) is 5.91. The van der Waals surface area contributed by atoms with Crippen molar-refractivity contribution >= 4 is 7.48 Å². The summed E-state index contributed by atoms with van der Waals surface area (Å²) < 4.78 is 5.63. The molecule has 0 aromatic rings. The predicted molar refractivity (Wildman–Crippen MR) is 78.1 cm³/mol. The van der Waals surface area contributed by atoms with Crippen molar-refractivity contribution < 1.29 is 9.76 Å².